The second-order valence-corrected chi connectivity index (χ2v) is 6.53. The summed E-state index contributed by atoms with van der Waals surface area (Å²) in [4.78, 5) is 12.0. The molecule has 0 spiro atoms. The molecule has 6 heteroatoms. The third-order valence-electron chi connectivity index (χ3n) is 3.37. The van der Waals surface area contributed by atoms with Gasteiger partial charge in [0, 0.05) is 5.69 Å². The highest BCUT2D eigenvalue weighted by Crippen LogP contribution is 2.25. The van der Waals surface area contributed by atoms with Gasteiger partial charge in [0.05, 0.1) is 10.0 Å². The normalized spacial score (nSPS) is 11.9. The molecule has 1 atom stereocenters. The Morgan fingerprint density at radius 3 is 2.25 bits per heavy atom. The predicted molar refractivity (Wildman–Crippen MR) is 99.2 cm³/mol. The van der Waals surface area contributed by atoms with E-state index < -0.39 is 6.23 Å². The van der Waals surface area contributed by atoms with Crippen LogP contribution < -0.4 is 15.4 Å². The van der Waals surface area contributed by atoms with Gasteiger partial charge < -0.3 is 15.4 Å². The summed E-state index contributed by atoms with van der Waals surface area (Å²) in [6.45, 7) is 6.02. The molecular formula is C18H20Cl2N2O2. The fourth-order valence-corrected chi connectivity index (χ4v) is 2.39. The molecule has 4 nitrogen and oxygen atoms in total. The van der Waals surface area contributed by atoms with Gasteiger partial charge in [0.25, 0.3) is 0 Å². The van der Waals surface area contributed by atoms with E-state index in [9.17, 15) is 4.79 Å². The van der Waals surface area contributed by atoms with Crippen molar-refractivity contribution >= 4 is 34.9 Å². The standard InChI is InChI=1S/C18H20Cl2N2O2/c1-11(2)13-4-7-15(8-5-13)24-12(3)21-18(23)22-14-6-9-16(19)17(20)10-14/h4-12H,1-3H3,(H2,21,22,23). The van der Waals surface area contributed by atoms with Crippen LogP contribution in [-0.4, -0.2) is 12.3 Å². The first-order valence-corrected chi connectivity index (χ1v) is 8.40. The lowest BCUT2D eigenvalue weighted by atomic mass is 10.0. The van der Waals surface area contributed by atoms with Gasteiger partial charge in [-0.3, -0.25) is 0 Å². The number of carbonyl (C=O) groups is 1. The number of halogens is 2. The number of amides is 2. The molecule has 0 heterocycles. The van der Waals surface area contributed by atoms with Gasteiger partial charge in [-0.2, -0.15) is 0 Å². The fourth-order valence-electron chi connectivity index (χ4n) is 2.09. The number of urea groups is 1. The lowest BCUT2D eigenvalue weighted by molar-refractivity contribution is 0.183. The largest absolute Gasteiger partial charge is 0.471 e. The Bertz CT molecular complexity index is 703. The average molecular weight is 367 g/mol. The molecule has 0 aliphatic rings. The van der Waals surface area contributed by atoms with Crippen molar-refractivity contribution in [2.24, 2.45) is 0 Å². The highest BCUT2D eigenvalue weighted by atomic mass is 35.5. The van der Waals surface area contributed by atoms with Crippen LogP contribution in [0.4, 0.5) is 10.5 Å². The van der Waals surface area contributed by atoms with Crippen LogP contribution in [0.1, 0.15) is 32.3 Å². The summed E-state index contributed by atoms with van der Waals surface area (Å²) in [5.41, 5.74) is 1.79. The van der Waals surface area contributed by atoms with E-state index in [0.717, 1.165) is 0 Å². The lowest BCUT2D eigenvalue weighted by Gasteiger charge is -2.17. The number of hydrogen-bond donors (Lipinski definition) is 2. The molecule has 0 saturated heterocycles. The Morgan fingerprint density at radius 2 is 1.67 bits per heavy atom. The molecule has 0 aliphatic heterocycles. The monoisotopic (exact) mass is 366 g/mol. The molecule has 0 fully saturated rings. The van der Waals surface area contributed by atoms with Crippen LogP contribution in [0.5, 0.6) is 5.75 Å². The molecule has 0 saturated carbocycles. The lowest BCUT2D eigenvalue weighted by Crippen LogP contribution is -2.39. The van der Waals surface area contributed by atoms with Crippen LogP contribution in [0.25, 0.3) is 0 Å². The zero-order chi connectivity index (χ0) is 17.7. The van der Waals surface area contributed by atoms with E-state index in [-0.39, 0.29) is 6.03 Å². The number of nitrogens with one attached hydrogen (secondary N) is 2. The second-order valence-electron chi connectivity index (χ2n) is 5.71. The Hall–Kier alpha value is -1.91. The van der Waals surface area contributed by atoms with Crippen LogP contribution in [0.15, 0.2) is 42.5 Å². The average Bonchev–Trinajstić information content (AvgIpc) is 2.51. The number of rotatable bonds is 5. The molecule has 0 aromatic heterocycles. The van der Waals surface area contributed by atoms with Gasteiger partial charge in [0.1, 0.15) is 5.75 Å². The van der Waals surface area contributed by atoms with Crippen molar-refractivity contribution in [3.8, 4) is 5.75 Å². The molecule has 128 valence electrons. The van der Waals surface area contributed by atoms with Crippen molar-refractivity contribution in [3.63, 3.8) is 0 Å². The van der Waals surface area contributed by atoms with E-state index >= 15 is 0 Å². The Kier molecular flexibility index (Phi) is 6.35. The van der Waals surface area contributed by atoms with Gasteiger partial charge in [0.2, 0.25) is 0 Å². The van der Waals surface area contributed by atoms with Gasteiger partial charge in [-0.25, -0.2) is 4.79 Å². The van der Waals surface area contributed by atoms with Gasteiger partial charge in [0.15, 0.2) is 6.23 Å². The van der Waals surface area contributed by atoms with Gasteiger partial charge in [-0.15, -0.1) is 0 Å². The minimum Gasteiger partial charge on any atom is -0.471 e. The summed E-state index contributed by atoms with van der Waals surface area (Å²) in [5, 5.41) is 6.19. The molecule has 0 radical (unpaired) electrons. The maximum atomic E-state index is 12.0. The van der Waals surface area contributed by atoms with Gasteiger partial charge >= 0.3 is 6.03 Å². The van der Waals surface area contributed by atoms with Crippen LogP contribution in [0, 0.1) is 0 Å². The van der Waals surface area contributed by atoms with Gasteiger partial charge in [-0.05, 0) is 48.7 Å². The summed E-state index contributed by atoms with van der Waals surface area (Å²) < 4.78 is 5.68. The highest BCUT2D eigenvalue weighted by Gasteiger charge is 2.10. The van der Waals surface area contributed by atoms with E-state index in [1.54, 1.807) is 25.1 Å². The minimum atomic E-state index is -0.488. The van der Waals surface area contributed by atoms with E-state index in [1.807, 2.05) is 24.3 Å². The zero-order valence-electron chi connectivity index (χ0n) is 13.8. The quantitative estimate of drug-likeness (QED) is 0.670. The number of benzene rings is 2. The predicted octanol–water partition coefficient (Wildman–Crippen LogP) is 5.66. The molecule has 2 aromatic carbocycles. The summed E-state index contributed by atoms with van der Waals surface area (Å²) >= 11 is 11.8. The van der Waals surface area contributed by atoms with Crippen molar-refractivity contribution in [2.75, 3.05) is 5.32 Å². The Balaban J connectivity index is 1.87. The maximum absolute atomic E-state index is 12.0. The summed E-state index contributed by atoms with van der Waals surface area (Å²) in [5.74, 6) is 1.16. The highest BCUT2D eigenvalue weighted by molar-refractivity contribution is 6.42. The Labute approximate surface area is 152 Å². The SMILES string of the molecule is CC(NC(=O)Nc1ccc(Cl)c(Cl)c1)Oc1ccc(C(C)C)cc1. The maximum Gasteiger partial charge on any atom is 0.322 e. The van der Waals surface area contributed by atoms with E-state index in [0.29, 0.717) is 27.4 Å². The van der Waals surface area contributed by atoms with Crippen molar-refractivity contribution in [2.45, 2.75) is 32.9 Å². The van der Waals surface area contributed by atoms with Crippen LogP contribution >= 0.6 is 23.2 Å². The molecule has 24 heavy (non-hydrogen) atoms. The second kappa shape index (κ2) is 8.27. The van der Waals surface area contributed by atoms with E-state index in [1.165, 1.54) is 5.56 Å². The number of hydrogen-bond acceptors (Lipinski definition) is 2. The third kappa shape index (κ3) is 5.32. The van der Waals surface area contributed by atoms with Crippen LogP contribution in [0.3, 0.4) is 0 Å². The topological polar surface area (TPSA) is 50.4 Å². The van der Waals surface area contributed by atoms with E-state index in [2.05, 4.69) is 24.5 Å². The first-order chi connectivity index (χ1) is 11.3. The molecule has 2 amide bonds. The van der Waals surface area contributed by atoms with Gasteiger partial charge in [-0.1, -0.05) is 49.2 Å². The van der Waals surface area contributed by atoms with Crippen molar-refractivity contribution in [1.29, 1.82) is 0 Å². The summed E-state index contributed by atoms with van der Waals surface area (Å²) in [6.07, 6.45) is -0.488. The molecular weight excluding hydrogens is 347 g/mol. The first kappa shape index (κ1) is 18.4. The minimum absolute atomic E-state index is 0.379. The summed E-state index contributed by atoms with van der Waals surface area (Å²) in [6, 6.07) is 12.3. The Morgan fingerprint density at radius 1 is 1.00 bits per heavy atom. The van der Waals surface area contributed by atoms with Crippen LogP contribution in [0.2, 0.25) is 10.0 Å². The number of anilines is 1. The molecule has 1 unspecified atom stereocenters. The third-order valence-corrected chi connectivity index (χ3v) is 4.11. The number of ether oxygens (including phenoxy) is 1. The molecule has 2 aromatic rings. The molecule has 2 rings (SSSR count). The summed E-state index contributed by atoms with van der Waals surface area (Å²) in [7, 11) is 0. The van der Waals surface area contributed by atoms with E-state index in [4.69, 9.17) is 27.9 Å². The first-order valence-electron chi connectivity index (χ1n) is 7.64. The van der Waals surface area contributed by atoms with Crippen molar-refractivity contribution in [1.82, 2.24) is 5.32 Å². The van der Waals surface area contributed by atoms with Crippen molar-refractivity contribution in [3.05, 3.63) is 58.1 Å². The van der Waals surface area contributed by atoms with Crippen molar-refractivity contribution < 1.29 is 9.53 Å². The smallest absolute Gasteiger partial charge is 0.322 e. The molecule has 2 N–H and O–H groups in total. The number of carbonyl (C=O) groups excluding carboxylic acids is 1. The molecule has 0 bridgehead atoms. The van der Waals surface area contributed by atoms with Crippen LogP contribution in [-0.2, 0) is 0 Å². The fraction of sp³-hybridized carbons (Fsp3) is 0.278. The zero-order valence-corrected chi connectivity index (χ0v) is 15.3. The molecule has 0 aliphatic carbocycles.